The van der Waals surface area contributed by atoms with Crippen molar-refractivity contribution in [1.29, 1.82) is 0 Å². The number of methoxy groups -OCH3 is 1. The minimum Gasteiger partial charge on any atom is -0.379 e. The van der Waals surface area contributed by atoms with Crippen molar-refractivity contribution in [2.75, 3.05) is 52.5 Å². The summed E-state index contributed by atoms with van der Waals surface area (Å²) in [5.41, 5.74) is 0. The summed E-state index contributed by atoms with van der Waals surface area (Å²) < 4.78 is 21.4. The molecule has 154 valence electrons. The Morgan fingerprint density at radius 2 is 1.27 bits per heavy atom. The van der Waals surface area contributed by atoms with E-state index in [9.17, 15) is 0 Å². The van der Waals surface area contributed by atoms with Crippen LogP contribution in [0.3, 0.4) is 0 Å². The van der Waals surface area contributed by atoms with Crippen LogP contribution in [0.4, 0.5) is 0 Å². The Morgan fingerprint density at radius 1 is 0.769 bits per heavy atom. The summed E-state index contributed by atoms with van der Waals surface area (Å²) in [6.07, 6.45) is 11.4. The zero-order valence-corrected chi connectivity index (χ0v) is 18.0. The van der Waals surface area contributed by atoms with Gasteiger partial charge >= 0.3 is 0 Å². The highest BCUT2D eigenvalue weighted by atomic mass is 32.1. The predicted molar refractivity (Wildman–Crippen MR) is 114 cm³/mol. The van der Waals surface area contributed by atoms with Gasteiger partial charge in [0.15, 0.2) is 6.23 Å². The molecule has 0 aliphatic rings. The van der Waals surface area contributed by atoms with E-state index in [4.69, 9.17) is 18.9 Å². The number of hydrogen-bond acceptors (Lipinski definition) is 7. The van der Waals surface area contributed by atoms with Crippen molar-refractivity contribution in [1.82, 2.24) is 0 Å². The molecule has 0 saturated heterocycles. The summed E-state index contributed by atoms with van der Waals surface area (Å²) in [7, 11) is 1.56. The smallest absolute Gasteiger partial charge is 0.180 e. The fraction of sp³-hybridized carbons (Fsp3) is 0.947. The molecular weight excluding hydrogens is 370 g/mol. The molecule has 0 aromatic carbocycles. The van der Waals surface area contributed by atoms with Gasteiger partial charge in [-0.25, -0.2) is 0 Å². The van der Waals surface area contributed by atoms with Gasteiger partial charge in [0.25, 0.3) is 0 Å². The summed E-state index contributed by atoms with van der Waals surface area (Å²) in [4.78, 5) is 3.81. The molecule has 0 saturated carbocycles. The normalized spacial score (nSPS) is 12.1. The van der Waals surface area contributed by atoms with Crippen molar-refractivity contribution < 1.29 is 18.9 Å². The maximum absolute atomic E-state index is 5.57. The molecule has 0 heterocycles. The van der Waals surface area contributed by atoms with Gasteiger partial charge in [0.1, 0.15) is 0 Å². The molecular formula is C19H37NO4S2. The van der Waals surface area contributed by atoms with Crippen molar-refractivity contribution in [3.8, 4) is 0 Å². The second-order valence-electron chi connectivity index (χ2n) is 6.12. The third kappa shape index (κ3) is 20.3. The molecule has 0 aromatic heterocycles. The largest absolute Gasteiger partial charge is 0.379 e. The average Bonchev–Trinajstić information content (AvgIpc) is 2.66. The molecule has 0 N–H and O–H groups in total. The summed E-state index contributed by atoms with van der Waals surface area (Å²) >= 11 is 8.76. The molecule has 0 bridgehead atoms. The first kappa shape index (κ1) is 26.0. The van der Waals surface area contributed by atoms with Gasteiger partial charge in [-0.1, -0.05) is 44.9 Å². The first-order valence-electron chi connectivity index (χ1n) is 9.79. The lowest BCUT2D eigenvalue weighted by Gasteiger charge is -2.10. The highest BCUT2D eigenvalue weighted by molar-refractivity contribution is 7.80. The van der Waals surface area contributed by atoms with Crippen molar-refractivity contribution in [2.45, 2.75) is 64.0 Å². The van der Waals surface area contributed by atoms with Crippen molar-refractivity contribution in [3.05, 3.63) is 0 Å². The van der Waals surface area contributed by atoms with E-state index in [1.165, 1.54) is 51.4 Å². The first-order valence-corrected chi connectivity index (χ1v) is 10.8. The van der Waals surface area contributed by atoms with Crippen LogP contribution >= 0.6 is 24.8 Å². The molecule has 5 nitrogen and oxygen atoms in total. The third-order valence-electron chi connectivity index (χ3n) is 3.92. The summed E-state index contributed by atoms with van der Waals surface area (Å²) in [6.45, 7) is 3.46. The predicted octanol–water partition coefficient (Wildman–Crippen LogP) is 4.55. The van der Waals surface area contributed by atoms with Crippen molar-refractivity contribution in [3.63, 3.8) is 0 Å². The lowest BCUT2D eigenvalue weighted by Crippen LogP contribution is -2.18. The molecule has 0 amide bonds. The quantitative estimate of drug-likeness (QED) is 0.131. The number of hydrogen-bond donors (Lipinski definition) is 1. The second-order valence-corrected chi connectivity index (χ2v) is 6.75. The zero-order valence-electron chi connectivity index (χ0n) is 16.3. The van der Waals surface area contributed by atoms with Crippen LogP contribution in [0.1, 0.15) is 57.8 Å². The van der Waals surface area contributed by atoms with E-state index in [1.807, 2.05) is 0 Å². The van der Waals surface area contributed by atoms with Gasteiger partial charge in [-0.2, -0.15) is 17.6 Å². The molecule has 0 fully saturated rings. The summed E-state index contributed by atoms with van der Waals surface area (Å²) in [6, 6.07) is 0. The lowest BCUT2D eigenvalue weighted by atomic mass is 10.1. The third-order valence-corrected chi connectivity index (χ3v) is 4.34. The maximum atomic E-state index is 5.57. The Balaban J connectivity index is 3.10. The van der Waals surface area contributed by atoms with E-state index in [-0.39, 0.29) is 6.23 Å². The van der Waals surface area contributed by atoms with E-state index >= 15 is 0 Å². The Morgan fingerprint density at radius 3 is 1.81 bits per heavy atom. The molecule has 0 radical (unpaired) electrons. The number of thiocarbonyl (C=S) groups is 1. The summed E-state index contributed by atoms with van der Waals surface area (Å²) in [5, 5.41) is 2.28. The highest BCUT2D eigenvalue weighted by Crippen LogP contribution is 2.10. The van der Waals surface area contributed by atoms with Gasteiger partial charge in [0, 0.05) is 13.7 Å². The Hall–Kier alpha value is -0.0100. The molecule has 1 unspecified atom stereocenters. The second kappa shape index (κ2) is 23.0. The number of isothiocyanates is 1. The standard InChI is InChI=1S/C19H37NO4S2/c1-21-19(20-18-26)17-24-15-14-23-13-12-22-11-9-7-5-3-2-4-6-8-10-16-25/h19,25H,2-17H2,1H3. The van der Waals surface area contributed by atoms with Crippen LogP contribution in [0.15, 0.2) is 4.99 Å². The fourth-order valence-electron chi connectivity index (χ4n) is 2.39. The van der Waals surface area contributed by atoms with E-state index < -0.39 is 0 Å². The fourth-order valence-corrected chi connectivity index (χ4v) is 2.74. The van der Waals surface area contributed by atoms with Gasteiger partial charge in [-0.05, 0) is 30.8 Å². The van der Waals surface area contributed by atoms with Gasteiger partial charge in [0.05, 0.1) is 38.2 Å². The van der Waals surface area contributed by atoms with Crippen LogP contribution < -0.4 is 0 Å². The number of nitrogens with zero attached hydrogens (tertiary/aromatic N) is 1. The number of aliphatic imine (C=N–C) groups is 1. The molecule has 1 atom stereocenters. The van der Waals surface area contributed by atoms with E-state index in [1.54, 1.807) is 7.11 Å². The molecule has 26 heavy (non-hydrogen) atoms. The molecule has 7 heteroatoms. The van der Waals surface area contributed by atoms with Crippen LogP contribution in [0.25, 0.3) is 0 Å². The van der Waals surface area contributed by atoms with Crippen LogP contribution in [0, 0.1) is 0 Å². The van der Waals surface area contributed by atoms with Crippen LogP contribution in [0.5, 0.6) is 0 Å². The topological polar surface area (TPSA) is 49.3 Å². The van der Waals surface area contributed by atoms with E-state index in [0.29, 0.717) is 33.0 Å². The monoisotopic (exact) mass is 407 g/mol. The Kier molecular flexibility index (Phi) is 23.0. The number of unbranched alkanes of at least 4 members (excludes halogenated alkanes) is 8. The van der Waals surface area contributed by atoms with Gasteiger partial charge in [0.2, 0.25) is 0 Å². The van der Waals surface area contributed by atoms with E-state index in [0.717, 1.165) is 18.8 Å². The first-order chi connectivity index (χ1) is 12.8. The SMILES string of the molecule is COC(COCCOCCOCCCCCCCCCCCS)N=C=S. The van der Waals surface area contributed by atoms with Crippen LogP contribution in [-0.2, 0) is 18.9 Å². The minimum atomic E-state index is -0.381. The molecule has 0 aliphatic carbocycles. The molecule has 0 aromatic rings. The Labute approximate surface area is 170 Å². The van der Waals surface area contributed by atoms with Crippen LogP contribution in [0.2, 0.25) is 0 Å². The summed E-state index contributed by atoms with van der Waals surface area (Å²) in [5.74, 6) is 1.03. The van der Waals surface area contributed by atoms with Gasteiger partial charge < -0.3 is 18.9 Å². The minimum absolute atomic E-state index is 0.357. The lowest BCUT2D eigenvalue weighted by molar-refractivity contribution is -0.0190. The van der Waals surface area contributed by atoms with Crippen molar-refractivity contribution in [2.24, 2.45) is 4.99 Å². The van der Waals surface area contributed by atoms with E-state index in [2.05, 4.69) is 35.0 Å². The van der Waals surface area contributed by atoms with Crippen molar-refractivity contribution >= 4 is 30.0 Å². The van der Waals surface area contributed by atoms with Gasteiger partial charge in [-0.3, -0.25) is 0 Å². The molecule has 0 spiro atoms. The zero-order chi connectivity index (χ0) is 19.1. The Bertz CT molecular complexity index is 329. The van der Waals surface area contributed by atoms with Crippen LogP contribution in [-0.4, -0.2) is 63.9 Å². The highest BCUT2D eigenvalue weighted by Gasteiger charge is 2.03. The van der Waals surface area contributed by atoms with Gasteiger partial charge in [-0.15, -0.1) is 0 Å². The number of ether oxygens (including phenoxy) is 4. The average molecular weight is 408 g/mol. The number of thiol groups is 1. The molecule has 0 aliphatic heterocycles. The number of rotatable bonds is 21. The molecule has 0 rings (SSSR count). The maximum Gasteiger partial charge on any atom is 0.180 e.